The number of carbonyl (C=O) groups is 1. The Hall–Kier alpha value is -0.800. The summed E-state index contributed by atoms with van der Waals surface area (Å²) in [6, 6.07) is 6.18. The standard InChI is InChI=1S/C11H10OS2/c1-7-9-5-8(6-12)14-11(9)4-3-10(7)13-2/h3-6H,1-2H3. The van der Waals surface area contributed by atoms with Crippen molar-refractivity contribution in [1.82, 2.24) is 0 Å². The van der Waals surface area contributed by atoms with E-state index in [4.69, 9.17) is 0 Å². The van der Waals surface area contributed by atoms with Crippen LogP contribution in [-0.4, -0.2) is 12.5 Å². The van der Waals surface area contributed by atoms with E-state index in [9.17, 15) is 4.79 Å². The van der Waals surface area contributed by atoms with Crippen molar-refractivity contribution in [3.63, 3.8) is 0 Å². The zero-order chi connectivity index (χ0) is 10.1. The molecule has 0 aliphatic carbocycles. The number of benzene rings is 1. The Morgan fingerprint density at radius 3 is 2.86 bits per heavy atom. The van der Waals surface area contributed by atoms with Crippen LogP contribution in [-0.2, 0) is 0 Å². The molecule has 0 radical (unpaired) electrons. The predicted molar refractivity (Wildman–Crippen MR) is 63.7 cm³/mol. The molecule has 1 nitrogen and oxygen atoms in total. The molecule has 0 unspecified atom stereocenters. The van der Waals surface area contributed by atoms with Gasteiger partial charge < -0.3 is 0 Å². The second kappa shape index (κ2) is 3.75. The van der Waals surface area contributed by atoms with Crippen LogP contribution < -0.4 is 0 Å². The summed E-state index contributed by atoms with van der Waals surface area (Å²) in [7, 11) is 0. The lowest BCUT2D eigenvalue weighted by atomic mass is 10.1. The zero-order valence-electron chi connectivity index (χ0n) is 8.03. The van der Waals surface area contributed by atoms with Crippen molar-refractivity contribution in [2.45, 2.75) is 11.8 Å². The largest absolute Gasteiger partial charge is 0.297 e. The van der Waals surface area contributed by atoms with E-state index in [2.05, 4.69) is 25.3 Å². The van der Waals surface area contributed by atoms with Crippen molar-refractivity contribution >= 4 is 39.5 Å². The lowest BCUT2D eigenvalue weighted by molar-refractivity contribution is 0.112. The second-order valence-electron chi connectivity index (χ2n) is 3.07. The number of thiophene rings is 1. The van der Waals surface area contributed by atoms with Crippen molar-refractivity contribution in [2.75, 3.05) is 6.26 Å². The molecule has 1 heterocycles. The molecule has 2 aromatic rings. The van der Waals surface area contributed by atoms with E-state index < -0.39 is 0 Å². The SMILES string of the molecule is CSc1ccc2sc(C=O)cc2c1C. The number of aryl methyl sites for hydroxylation is 1. The van der Waals surface area contributed by atoms with Crippen LogP contribution in [0.15, 0.2) is 23.1 Å². The fourth-order valence-corrected chi connectivity index (χ4v) is 3.09. The molecule has 0 aliphatic rings. The quantitative estimate of drug-likeness (QED) is 0.568. The zero-order valence-corrected chi connectivity index (χ0v) is 9.67. The van der Waals surface area contributed by atoms with Gasteiger partial charge in [0.05, 0.1) is 4.88 Å². The van der Waals surface area contributed by atoms with E-state index >= 15 is 0 Å². The second-order valence-corrected chi connectivity index (χ2v) is 5.03. The monoisotopic (exact) mass is 222 g/mol. The Kier molecular flexibility index (Phi) is 2.61. The average molecular weight is 222 g/mol. The van der Waals surface area contributed by atoms with E-state index in [0.717, 1.165) is 11.2 Å². The lowest BCUT2D eigenvalue weighted by Gasteiger charge is -2.02. The number of hydrogen-bond donors (Lipinski definition) is 0. The fraction of sp³-hybridized carbons (Fsp3) is 0.182. The molecule has 0 amide bonds. The van der Waals surface area contributed by atoms with Gasteiger partial charge >= 0.3 is 0 Å². The van der Waals surface area contributed by atoms with Gasteiger partial charge in [0, 0.05) is 9.60 Å². The third-order valence-electron chi connectivity index (χ3n) is 2.28. The Morgan fingerprint density at radius 2 is 2.21 bits per heavy atom. The highest BCUT2D eigenvalue weighted by Gasteiger charge is 2.06. The van der Waals surface area contributed by atoms with Crippen LogP contribution in [0.5, 0.6) is 0 Å². The van der Waals surface area contributed by atoms with Gasteiger partial charge in [-0.2, -0.15) is 0 Å². The highest BCUT2D eigenvalue weighted by atomic mass is 32.2. The topological polar surface area (TPSA) is 17.1 Å². The molecule has 0 bridgehead atoms. The van der Waals surface area contributed by atoms with Gasteiger partial charge in [-0.15, -0.1) is 23.1 Å². The molecule has 72 valence electrons. The molecule has 2 rings (SSSR count). The molecule has 0 aliphatic heterocycles. The Labute approximate surface area is 91.1 Å². The third-order valence-corrected chi connectivity index (χ3v) is 4.18. The summed E-state index contributed by atoms with van der Waals surface area (Å²) in [5.41, 5.74) is 1.28. The molecule has 0 atom stereocenters. The first kappa shape index (κ1) is 9.74. The van der Waals surface area contributed by atoms with Gasteiger partial charge in [-0.05, 0) is 42.3 Å². The van der Waals surface area contributed by atoms with Gasteiger partial charge in [0.15, 0.2) is 6.29 Å². The maximum absolute atomic E-state index is 10.6. The molecule has 0 spiro atoms. The smallest absolute Gasteiger partial charge is 0.160 e. The summed E-state index contributed by atoms with van der Waals surface area (Å²) in [5, 5.41) is 1.21. The van der Waals surface area contributed by atoms with Crippen molar-refractivity contribution in [1.29, 1.82) is 0 Å². The van der Waals surface area contributed by atoms with Gasteiger partial charge in [-0.1, -0.05) is 0 Å². The van der Waals surface area contributed by atoms with Crippen molar-refractivity contribution in [2.24, 2.45) is 0 Å². The molecule has 0 N–H and O–H groups in total. The summed E-state index contributed by atoms with van der Waals surface area (Å²) in [6.45, 7) is 2.11. The van der Waals surface area contributed by atoms with E-state index in [1.165, 1.54) is 20.5 Å². The lowest BCUT2D eigenvalue weighted by Crippen LogP contribution is -1.78. The van der Waals surface area contributed by atoms with Crippen LogP contribution in [0.2, 0.25) is 0 Å². The summed E-state index contributed by atoms with van der Waals surface area (Å²) in [4.78, 5) is 12.7. The van der Waals surface area contributed by atoms with Gasteiger partial charge in [-0.3, -0.25) is 4.79 Å². The summed E-state index contributed by atoms with van der Waals surface area (Å²) >= 11 is 3.30. The third kappa shape index (κ3) is 1.47. The minimum absolute atomic E-state index is 0.807. The van der Waals surface area contributed by atoms with E-state index in [1.807, 2.05) is 6.07 Å². The minimum atomic E-state index is 0.807. The van der Waals surface area contributed by atoms with Crippen LogP contribution in [0.25, 0.3) is 10.1 Å². The van der Waals surface area contributed by atoms with Crippen molar-refractivity contribution in [3.05, 3.63) is 28.6 Å². The van der Waals surface area contributed by atoms with Gasteiger partial charge in [-0.25, -0.2) is 0 Å². The molecular weight excluding hydrogens is 212 g/mol. The number of rotatable bonds is 2. The molecule has 14 heavy (non-hydrogen) atoms. The van der Waals surface area contributed by atoms with E-state index in [-0.39, 0.29) is 0 Å². The Bertz CT molecular complexity index is 485. The van der Waals surface area contributed by atoms with Crippen LogP contribution in [0.3, 0.4) is 0 Å². The minimum Gasteiger partial charge on any atom is -0.297 e. The normalized spacial score (nSPS) is 10.7. The van der Waals surface area contributed by atoms with E-state index in [0.29, 0.717) is 0 Å². The fourth-order valence-electron chi connectivity index (χ4n) is 1.53. The van der Waals surface area contributed by atoms with E-state index in [1.54, 1.807) is 23.1 Å². The van der Waals surface area contributed by atoms with Crippen molar-refractivity contribution < 1.29 is 4.79 Å². The Morgan fingerprint density at radius 1 is 1.43 bits per heavy atom. The molecule has 1 aromatic heterocycles. The first-order valence-corrected chi connectivity index (χ1v) is 6.32. The molecule has 1 aromatic carbocycles. The van der Waals surface area contributed by atoms with Crippen molar-refractivity contribution in [3.8, 4) is 0 Å². The summed E-state index contributed by atoms with van der Waals surface area (Å²) in [5.74, 6) is 0. The van der Waals surface area contributed by atoms with Crippen LogP contribution >= 0.6 is 23.1 Å². The Balaban J connectivity index is 2.74. The maximum Gasteiger partial charge on any atom is 0.160 e. The van der Waals surface area contributed by atoms with Crippen LogP contribution in [0.1, 0.15) is 15.2 Å². The highest BCUT2D eigenvalue weighted by molar-refractivity contribution is 7.98. The van der Waals surface area contributed by atoms with Gasteiger partial charge in [0.25, 0.3) is 0 Å². The number of thioether (sulfide) groups is 1. The van der Waals surface area contributed by atoms with Crippen LogP contribution in [0.4, 0.5) is 0 Å². The number of carbonyl (C=O) groups excluding carboxylic acids is 1. The number of aldehydes is 1. The van der Waals surface area contributed by atoms with Crippen LogP contribution in [0, 0.1) is 6.92 Å². The molecule has 0 fully saturated rings. The predicted octanol–water partition coefficient (Wildman–Crippen LogP) is 3.74. The number of fused-ring (bicyclic) bond motifs is 1. The number of hydrogen-bond acceptors (Lipinski definition) is 3. The van der Waals surface area contributed by atoms with Gasteiger partial charge in [0.2, 0.25) is 0 Å². The maximum atomic E-state index is 10.6. The summed E-state index contributed by atoms with van der Waals surface area (Å²) < 4.78 is 1.20. The molecule has 0 saturated heterocycles. The first-order valence-electron chi connectivity index (χ1n) is 4.28. The molecular formula is C11H10OS2. The summed E-state index contributed by atoms with van der Waals surface area (Å²) in [6.07, 6.45) is 2.99. The molecule has 0 saturated carbocycles. The average Bonchev–Trinajstić information content (AvgIpc) is 2.62. The van der Waals surface area contributed by atoms with Gasteiger partial charge in [0.1, 0.15) is 0 Å². The highest BCUT2D eigenvalue weighted by Crippen LogP contribution is 2.32. The molecule has 3 heteroatoms. The first-order chi connectivity index (χ1) is 6.76.